The van der Waals surface area contributed by atoms with Gasteiger partial charge in [0.25, 0.3) is 17.2 Å². The first-order chi connectivity index (χ1) is 6.90. The second-order valence-electron chi connectivity index (χ2n) is 3.40. The standard InChI is InChI=1S/C9H11NO5/c1-3-4-5(11)9(8(14)15)6(12)10(2)7(9)13/h3-4H2,1-2H3,(H,14,15). The van der Waals surface area contributed by atoms with Crippen molar-refractivity contribution in [2.24, 2.45) is 5.41 Å². The van der Waals surface area contributed by atoms with Crippen LogP contribution in [0.4, 0.5) is 0 Å². The average molecular weight is 213 g/mol. The fourth-order valence-electron chi connectivity index (χ4n) is 1.59. The van der Waals surface area contributed by atoms with Crippen molar-refractivity contribution in [2.75, 3.05) is 7.05 Å². The van der Waals surface area contributed by atoms with Crippen LogP contribution in [0.15, 0.2) is 0 Å². The largest absolute Gasteiger partial charge is 0.480 e. The van der Waals surface area contributed by atoms with Crippen LogP contribution in [0.5, 0.6) is 0 Å². The summed E-state index contributed by atoms with van der Waals surface area (Å²) in [5.41, 5.74) is -2.45. The molecule has 6 nitrogen and oxygen atoms in total. The van der Waals surface area contributed by atoms with Gasteiger partial charge in [-0.15, -0.1) is 0 Å². The molecule has 1 aliphatic rings. The lowest BCUT2D eigenvalue weighted by Crippen LogP contribution is -2.71. The topological polar surface area (TPSA) is 91.8 Å². The van der Waals surface area contributed by atoms with Gasteiger partial charge < -0.3 is 5.11 Å². The van der Waals surface area contributed by atoms with Crippen LogP contribution >= 0.6 is 0 Å². The van der Waals surface area contributed by atoms with E-state index in [0.29, 0.717) is 11.3 Å². The monoisotopic (exact) mass is 213 g/mol. The highest BCUT2D eigenvalue weighted by molar-refractivity contribution is 6.45. The molecule has 0 bridgehead atoms. The zero-order valence-electron chi connectivity index (χ0n) is 8.44. The molecule has 2 amide bonds. The normalized spacial score (nSPS) is 18.7. The Morgan fingerprint density at radius 3 is 2.13 bits per heavy atom. The minimum Gasteiger partial charge on any atom is -0.480 e. The third-order valence-electron chi connectivity index (χ3n) is 2.47. The molecule has 1 heterocycles. The van der Waals surface area contributed by atoms with Crippen LogP contribution in [-0.2, 0) is 19.2 Å². The Morgan fingerprint density at radius 2 is 1.80 bits per heavy atom. The van der Waals surface area contributed by atoms with Gasteiger partial charge in [0, 0.05) is 13.5 Å². The van der Waals surface area contributed by atoms with Gasteiger partial charge in [0.05, 0.1) is 0 Å². The zero-order chi connectivity index (χ0) is 11.8. The molecular weight excluding hydrogens is 202 g/mol. The highest BCUT2D eigenvalue weighted by atomic mass is 16.4. The average Bonchev–Trinajstić information content (AvgIpc) is 2.17. The van der Waals surface area contributed by atoms with Crippen LogP contribution in [0, 0.1) is 5.41 Å². The molecule has 0 aromatic carbocycles. The maximum Gasteiger partial charge on any atom is 0.336 e. The summed E-state index contributed by atoms with van der Waals surface area (Å²) in [6.07, 6.45) is 0.315. The fraction of sp³-hybridized carbons (Fsp3) is 0.556. The van der Waals surface area contributed by atoms with Gasteiger partial charge >= 0.3 is 5.97 Å². The number of hydrogen-bond donors (Lipinski definition) is 1. The van der Waals surface area contributed by atoms with E-state index in [4.69, 9.17) is 5.11 Å². The molecular formula is C9H11NO5. The number of Topliss-reactive ketones (excluding diaryl/α,β-unsaturated/α-hetero) is 1. The second-order valence-corrected chi connectivity index (χ2v) is 3.40. The van der Waals surface area contributed by atoms with Crippen molar-refractivity contribution in [1.82, 2.24) is 4.90 Å². The number of likely N-dealkylation sites (tertiary alicyclic amines) is 1. The van der Waals surface area contributed by atoms with Crippen LogP contribution in [-0.4, -0.2) is 40.6 Å². The number of carboxylic acids is 1. The number of carbonyl (C=O) groups excluding carboxylic acids is 3. The SMILES string of the molecule is CCCC(=O)C1(C(=O)O)C(=O)N(C)C1=O. The Labute approximate surface area is 85.9 Å². The number of carboxylic acid groups (broad SMARTS) is 1. The Hall–Kier alpha value is -1.72. The van der Waals surface area contributed by atoms with Crippen LogP contribution in [0.1, 0.15) is 19.8 Å². The van der Waals surface area contributed by atoms with E-state index >= 15 is 0 Å². The van der Waals surface area contributed by atoms with Crippen LogP contribution in [0.3, 0.4) is 0 Å². The van der Waals surface area contributed by atoms with Gasteiger partial charge in [-0.1, -0.05) is 6.92 Å². The highest BCUT2D eigenvalue weighted by Gasteiger charge is 2.69. The van der Waals surface area contributed by atoms with Crippen LogP contribution in [0.25, 0.3) is 0 Å². The highest BCUT2D eigenvalue weighted by Crippen LogP contribution is 2.35. The van der Waals surface area contributed by atoms with Gasteiger partial charge in [-0.25, -0.2) is 0 Å². The predicted octanol–water partition coefficient (Wildman–Crippen LogP) is -0.575. The van der Waals surface area contributed by atoms with Crippen molar-refractivity contribution in [3.8, 4) is 0 Å². The fourth-order valence-corrected chi connectivity index (χ4v) is 1.59. The molecule has 0 radical (unpaired) electrons. The van der Waals surface area contributed by atoms with Crippen LogP contribution in [0.2, 0.25) is 0 Å². The summed E-state index contributed by atoms with van der Waals surface area (Å²) in [6.45, 7) is 1.67. The number of imide groups is 1. The molecule has 0 unspecified atom stereocenters. The summed E-state index contributed by atoms with van der Waals surface area (Å²) in [7, 11) is 1.16. The Kier molecular flexibility index (Phi) is 2.61. The molecule has 15 heavy (non-hydrogen) atoms. The molecule has 1 rings (SSSR count). The van der Waals surface area contributed by atoms with Crippen LogP contribution < -0.4 is 0 Å². The molecule has 1 saturated heterocycles. The van der Waals surface area contributed by atoms with Crippen molar-refractivity contribution in [1.29, 1.82) is 0 Å². The number of β-lactam (4-membered cyclic amide) rings is 2. The van der Waals surface area contributed by atoms with Gasteiger partial charge in [-0.2, -0.15) is 0 Å². The number of ketones is 1. The molecule has 1 aliphatic heterocycles. The third kappa shape index (κ3) is 1.17. The molecule has 1 fully saturated rings. The molecule has 0 aromatic heterocycles. The molecule has 0 aliphatic carbocycles. The summed E-state index contributed by atoms with van der Waals surface area (Å²) >= 11 is 0. The van der Waals surface area contributed by atoms with E-state index in [-0.39, 0.29) is 6.42 Å². The van der Waals surface area contributed by atoms with Crippen molar-refractivity contribution >= 4 is 23.6 Å². The summed E-state index contributed by atoms with van der Waals surface area (Å²) in [4.78, 5) is 45.8. The smallest absolute Gasteiger partial charge is 0.336 e. The molecule has 82 valence electrons. The van der Waals surface area contributed by atoms with E-state index in [2.05, 4.69) is 0 Å². The first kappa shape index (κ1) is 11.4. The molecule has 6 heteroatoms. The van der Waals surface area contributed by atoms with Gasteiger partial charge in [0.2, 0.25) is 0 Å². The minimum absolute atomic E-state index is 0.0857. The van der Waals surface area contributed by atoms with Gasteiger partial charge in [0.1, 0.15) is 0 Å². The molecule has 0 atom stereocenters. The number of carbonyl (C=O) groups is 4. The third-order valence-corrected chi connectivity index (χ3v) is 2.47. The van der Waals surface area contributed by atoms with Gasteiger partial charge in [0.15, 0.2) is 5.78 Å². The quantitative estimate of drug-likeness (QED) is 0.498. The predicted molar refractivity (Wildman–Crippen MR) is 47.8 cm³/mol. The van der Waals surface area contributed by atoms with E-state index in [9.17, 15) is 19.2 Å². The van der Waals surface area contributed by atoms with E-state index in [1.54, 1.807) is 6.92 Å². The van der Waals surface area contributed by atoms with E-state index in [0.717, 1.165) is 7.05 Å². The summed E-state index contributed by atoms with van der Waals surface area (Å²) in [5.74, 6) is -4.39. The number of aliphatic carboxylic acids is 1. The van der Waals surface area contributed by atoms with E-state index in [1.807, 2.05) is 0 Å². The summed E-state index contributed by atoms with van der Waals surface area (Å²) in [6, 6.07) is 0. The number of amides is 2. The van der Waals surface area contributed by atoms with E-state index < -0.39 is 29.0 Å². The van der Waals surface area contributed by atoms with E-state index in [1.165, 1.54) is 0 Å². The Balaban J connectivity index is 3.13. The molecule has 0 spiro atoms. The second kappa shape index (κ2) is 3.45. The molecule has 0 saturated carbocycles. The Morgan fingerprint density at radius 1 is 1.33 bits per heavy atom. The summed E-state index contributed by atoms with van der Waals surface area (Å²) < 4.78 is 0. The lowest BCUT2D eigenvalue weighted by molar-refractivity contribution is -0.185. The van der Waals surface area contributed by atoms with Crippen molar-refractivity contribution in [3.63, 3.8) is 0 Å². The first-order valence-electron chi connectivity index (χ1n) is 4.50. The van der Waals surface area contributed by atoms with Crippen molar-refractivity contribution < 1.29 is 24.3 Å². The lowest BCUT2D eigenvalue weighted by atomic mass is 9.73. The molecule has 1 N–H and O–H groups in total. The van der Waals surface area contributed by atoms with Crippen molar-refractivity contribution in [2.45, 2.75) is 19.8 Å². The Bertz CT molecular complexity index is 344. The lowest BCUT2D eigenvalue weighted by Gasteiger charge is -2.39. The zero-order valence-corrected chi connectivity index (χ0v) is 8.44. The first-order valence-corrected chi connectivity index (χ1v) is 4.50. The number of nitrogens with zero attached hydrogens (tertiary/aromatic N) is 1. The number of rotatable bonds is 4. The van der Waals surface area contributed by atoms with Gasteiger partial charge in [-0.3, -0.25) is 24.1 Å². The summed E-state index contributed by atoms with van der Waals surface area (Å²) in [5, 5.41) is 8.85. The minimum atomic E-state index is -2.45. The van der Waals surface area contributed by atoms with Gasteiger partial charge in [-0.05, 0) is 6.42 Å². The number of hydrogen-bond acceptors (Lipinski definition) is 4. The maximum atomic E-state index is 11.5. The maximum absolute atomic E-state index is 11.5. The molecule has 0 aromatic rings. The van der Waals surface area contributed by atoms with Crippen molar-refractivity contribution in [3.05, 3.63) is 0 Å².